The number of rotatable bonds is 4. The quantitative estimate of drug-likeness (QED) is 0.586. The van der Waals surface area contributed by atoms with Crippen LogP contribution in [0.25, 0.3) is 0 Å². The highest BCUT2D eigenvalue weighted by Gasteiger charge is 2.14. The highest BCUT2D eigenvalue weighted by atomic mass is 35.5. The normalized spacial score (nSPS) is 11.1. The molecule has 0 aliphatic heterocycles. The van der Waals surface area contributed by atoms with Crippen molar-refractivity contribution in [2.24, 2.45) is 0 Å². The van der Waals surface area contributed by atoms with Crippen molar-refractivity contribution in [2.75, 3.05) is 6.61 Å². The minimum Gasteiger partial charge on any atom is -0.462 e. The van der Waals surface area contributed by atoms with E-state index in [0.717, 1.165) is 0 Å². The monoisotopic (exact) mass is 227 g/mol. The molecule has 1 aromatic rings. The number of aromatic nitrogens is 1. The van der Waals surface area contributed by atoms with Crippen molar-refractivity contribution in [2.45, 2.75) is 25.1 Å². The van der Waals surface area contributed by atoms with E-state index >= 15 is 0 Å². The highest BCUT2D eigenvalue weighted by molar-refractivity contribution is 6.23. The first-order valence-electron chi connectivity index (χ1n) is 4.75. The maximum atomic E-state index is 11.4. The fourth-order valence-electron chi connectivity index (χ4n) is 0.953. The number of halogens is 1. The lowest BCUT2D eigenvalue weighted by molar-refractivity contribution is 0.0492. The SMILES string of the molecule is CC(C)(Cl)CCOC(=O)c1cccnc1. The van der Waals surface area contributed by atoms with Gasteiger partial charge in [0.25, 0.3) is 0 Å². The number of esters is 1. The lowest BCUT2D eigenvalue weighted by Crippen LogP contribution is -2.16. The summed E-state index contributed by atoms with van der Waals surface area (Å²) in [4.78, 5) is 14.9. The van der Waals surface area contributed by atoms with Crippen LogP contribution in [0.4, 0.5) is 0 Å². The topological polar surface area (TPSA) is 39.2 Å². The summed E-state index contributed by atoms with van der Waals surface area (Å²) in [6, 6.07) is 3.36. The van der Waals surface area contributed by atoms with E-state index in [1.807, 2.05) is 13.8 Å². The minimum atomic E-state index is -0.357. The largest absolute Gasteiger partial charge is 0.462 e. The van der Waals surface area contributed by atoms with Gasteiger partial charge in [0.15, 0.2) is 0 Å². The smallest absolute Gasteiger partial charge is 0.339 e. The summed E-state index contributed by atoms with van der Waals surface area (Å²) in [5.41, 5.74) is 0.463. The Labute approximate surface area is 94.4 Å². The first-order valence-corrected chi connectivity index (χ1v) is 5.13. The Bertz CT molecular complexity index is 319. The summed E-state index contributed by atoms with van der Waals surface area (Å²) in [5, 5.41) is 0. The molecule has 0 spiro atoms. The number of carbonyl (C=O) groups is 1. The predicted molar refractivity (Wildman–Crippen MR) is 59.1 cm³/mol. The van der Waals surface area contributed by atoms with Gasteiger partial charge in [0.05, 0.1) is 12.2 Å². The van der Waals surface area contributed by atoms with Crippen molar-refractivity contribution in [3.8, 4) is 0 Å². The van der Waals surface area contributed by atoms with E-state index in [1.165, 1.54) is 6.20 Å². The summed E-state index contributed by atoms with van der Waals surface area (Å²) in [7, 11) is 0. The van der Waals surface area contributed by atoms with E-state index in [-0.39, 0.29) is 10.8 Å². The number of pyridine rings is 1. The maximum Gasteiger partial charge on any atom is 0.339 e. The molecule has 0 bridgehead atoms. The molecule has 15 heavy (non-hydrogen) atoms. The van der Waals surface area contributed by atoms with E-state index in [9.17, 15) is 4.79 Å². The van der Waals surface area contributed by atoms with Gasteiger partial charge in [0.1, 0.15) is 0 Å². The summed E-state index contributed by atoms with van der Waals surface area (Å²) >= 11 is 5.96. The molecule has 0 aliphatic carbocycles. The molecular formula is C11H14ClNO2. The molecule has 0 aromatic carbocycles. The number of hydrogen-bond acceptors (Lipinski definition) is 3. The fraction of sp³-hybridized carbons (Fsp3) is 0.455. The van der Waals surface area contributed by atoms with Crippen LogP contribution in [0.2, 0.25) is 0 Å². The zero-order valence-corrected chi connectivity index (χ0v) is 9.62. The molecule has 1 heterocycles. The lowest BCUT2D eigenvalue weighted by atomic mass is 10.1. The van der Waals surface area contributed by atoms with Crippen molar-refractivity contribution >= 4 is 17.6 Å². The Hall–Kier alpha value is -1.09. The van der Waals surface area contributed by atoms with Gasteiger partial charge in [0.2, 0.25) is 0 Å². The standard InChI is InChI=1S/C11H14ClNO2/c1-11(2,12)5-7-15-10(14)9-4-3-6-13-8-9/h3-4,6,8H,5,7H2,1-2H3. The maximum absolute atomic E-state index is 11.4. The molecule has 0 saturated carbocycles. The number of hydrogen-bond donors (Lipinski definition) is 0. The zero-order valence-electron chi connectivity index (χ0n) is 8.87. The summed E-state index contributed by atoms with van der Waals surface area (Å²) in [6.07, 6.45) is 3.72. The number of nitrogens with zero attached hydrogens (tertiary/aromatic N) is 1. The molecule has 82 valence electrons. The summed E-state index contributed by atoms with van der Waals surface area (Å²) < 4.78 is 5.04. The van der Waals surface area contributed by atoms with Crippen molar-refractivity contribution < 1.29 is 9.53 Å². The molecule has 1 rings (SSSR count). The summed E-state index contributed by atoms with van der Waals surface area (Å²) in [6.45, 7) is 4.09. The third-order valence-electron chi connectivity index (χ3n) is 1.83. The Morgan fingerprint density at radius 1 is 1.60 bits per heavy atom. The van der Waals surface area contributed by atoms with Gasteiger partial charge in [-0.2, -0.15) is 0 Å². The Balaban J connectivity index is 2.38. The van der Waals surface area contributed by atoms with E-state index in [0.29, 0.717) is 18.6 Å². The minimum absolute atomic E-state index is 0.324. The Morgan fingerprint density at radius 2 is 2.33 bits per heavy atom. The van der Waals surface area contributed by atoms with Gasteiger partial charge in [-0.05, 0) is 26.0 Å². The third-order valence-corrected chi connectivity index (χ3v) is 2.02. The van der Waals surface area contributed by atoms with Crippen LogP contribution in [0.1, 0.15) is 30.6 Å². The van der Waals surface area contributed by atoms with Crippen molar-refractivity contribution in [3.05, 3.63) is 30.1 Å². The molecule has 0 N–H and O–H groups in total. The molecule has 4 heteroatoms. The van der Waals surface area contributed by atoms with E-state index in [1.54, 1.807) is 18.3 Å². The zero-order chi connectivity index (χ0) is 11.3. The van der Waals surface area contributed by atoms with Gasteiger partial charge < -0.3 is 4.74 Å². The number of ether oxygens (including phenoxy) is 1. The predicted octanol–water partition coefficient (Wildman–Crippen LogP) is 2.65. The molecule has 0 atom stereocenters. The van der Waals surface area contributed by atoms with Crippen LogP contribution in [0.3, 0.4) is 0 Å². The lowest BCUT2D eigenvalue weighted by Gasteiger charge is -2.14. The first-order chi connectivity index (χ1) is 6.99. The highest BCUT2D eigenvalue weighted by Crippen LogP contribution is 2.17. The van der Waals surface area contributed by atoms with Gasteiger partial charge in [-0.15, -0.1) is 11.6 Å². The molecule has 0 saturated heterocycles. The molecule has 0 radical (unpaired) electrons. The van der Waals surface area contributed by atoms with Crippen LogP contribution in [-0.4, -0.2) is 22.4 Å². The van der Waals surface area contributed by atoms with Crippen LogP contribution in [0.5, 0.6) is 0 Å². The van der Waals surface area contributed by atoms with Crippen molar-refractivity contribution in [1.82, 2.24) is 4.98 Å². The van der Waals surface area contributed by atoms with Gasteiger partial charge in [0, 0.05) is 23.7 Å². The molecule has 1 aromatic heterocycles. The Morgan fingerprint density at radius 3 is 2.87 bits per heavy atom. The fourth-order valence-corrected chi connectivity index (χ4v) is 1.03. The molecule has 0 amide bonds. The molecule has 3 nitrogen and oxygen atoms in total. The van der Waals surface area contributed by atoms with E-state index in [4.69, 9.17) is 16.3 Å². The first kappa shape index (κ1) is 12.0. The molecular weight excluding hydrogens is 214 g/mol. The molecule has 0 aliphatic rings. The van der Waals surface area contributed by atoms with Crippen LogP contribution in [-0.2, 0) is 4.74 Å². The summed E-state index contributed by atoms with van der Waals surface area (Å²) in [5.74, 6) is -0.357. The van der Waals surface area contributed by atoms with E-state index < -0.39 is 0 Å². The number of alkyl halides is 1. The Kier molecular flexibility index (Phi) is 4.09. The number of carbonyl (C=O) groups excluding carboxylic acids is 1. The van der Waals surface area contributed by atoms with Crippen LogP contribution in [0.15, 0.2) is 24.5 Å². The average molecular weight is 228 g/mol. The van der Waals surface area contributed by atoms with Gasteiger partial charge >= 0.3 is 5.97 Å². The van der Waals surface area contributed by atoms with Crippen LogP contribution in [0, 0.1) is 0 Å². The molecule has 0 fully saturated rings. The van der Waals surface area contributed by atoms with Gasteiger partial charge in [-0.25, -0.2) is 4.79 Å². The van der Waals surface area contributed by atoms with Crippen LogP contribution >= 0.6 is 11.6 Å². The molecule has 0 unspecified atom stereocenters. The van der Waals surface area contributed by atoms with Gasteiger partial charge in [-0.1, -0.05) is 0 Å². The second kappa shape index (κ2) is 5.12. The average Bonchev–Trinajstić information content (AvgIpc) is 2.17. The van der Waals surface area contributed by atoms with Gasteiger partial charge in [-0.3, -0.25) is 4.98 Å². The van der Waals surface area contributed by atoms with E-state index in [2.05, 4.69) is 4.98 Å². The second-order valence-electron chi connectivity index (χ2n) is 3.85. The van der Waals surface area contributed by atoms with Crippen LogP contribution < -0.4 is 0 Å². The van der Waals surface area contributed by atoms with Crippen molar-refractivity contribution in [1.29, 1.82) is 0 Å². The third kappa shape index (κ3) is 4.79. The van der Waals surface area contributed by atoms with Crippen molar-refractivity contribution in [3.63, 3.8) is 0 Å². The second-order valence-corrected chi connectivity index (χ2v) is 4.87.